The van der Waals surface area contributed by atoms with E-state index in [0.717, 1.165) is 11.3 Å². The number of nitriles is 1. The minimum absolute atomic E-state index is 0.0283. The molecule has 0 saturated carbocycles. The van der Waals surface area contributed by atoms with Crippen molar-refractivity contribution in [3.05, 3.63) is 69.8 Å². The van der Waals surface area contributed by atoms with Gasteiger partial charge < -0.3 is 10.2 Å². The summed E-state index contributed by atoms with van der Waals surface area (Å²) in [4.78, 5) is 14.3. The molecule has 0 atom stereocenters. The number of hydrogen-bond donors (Lipinski definition) is 1. The topological polar surface area (TPSA) is 56.1 Å². The van der Waals surface area contributed by atoms with E-state index in [9.17, 15) is 10.1 Å². The summed E-state index contributed by atoms with van der Waals surface area (Å²) >= 11 is 12.0. The van der Waals surface area contributed by atoms with Gasteiger partial charge in [0.1, 0.15) is 11.6 Å². The molecule has 0 aliphatic heterocycles. The Morgan fingerprint density at radius 2 is 2.04 bits per heavy atom. The SMILES string of the molecule is CCN(/C=C(/C#N)C(=O)Nc1cc(Cl)ccc1Cl)c1cccc(C)c1. The predicted octanol–water partition coefficient (Wildman–Crippen LogP) is 5.17. The van der Waals surface area contributed by atoms with Crippen LogP contribution in [0.5, 0.6) is 0 Å². The third-order valence-electron chi connectivity index (χ3n) is 3.50. The van der Waals surface area contributed by atoms with E-state index >= 15 is 0 Å². The first-order valence-corrected chi connectivity index (χ1v) is 8.41. The third-order valence-corrected chi connectivity index (χ3v) is 4.07. The van der Waals surface area contributed by atoms with Gasteiger partial charge in [0, 0.05) is 23.5 Å². The number of aryl methyl sites for hydroxylation is 1. The summed E-state index contributed by atoms with van der Waals surface area (Å²) in [6.07, 6.45) is 1.53. The third kappa shape index (κ3) is 4.99. The largest absolute Gasteiger partial charge is 0.347 e. The van der Waals surface area contributed by atoms with Crippen LogP contribution in [0.2, 0.25) is 10.0 Å². The zero-order valence-corrected chi connectivity index (χ0v) is 15.4. The number of carbonyl (C=O) groups excluding carboxylic acids is 1. The summed E-state index contributed by atoms with van der Waals surface area (Å²) in [6.45, 7) is 4.54. The number of hydrogen-bond acceptors (Lipinski definition) is 3. The van der Waals surface area contributed by atoms with Crippen molar-refractivity contribution in [1.29, 1.82) is 5.26 Å². The summed E-state index contributed by atoms with van der Waals surface area (Å²) in [5.41, 5.74) is 2.33. The van der Waals surface area contributed by atoms with Crippen LogP contribution in [0, 0.1) is 18.3 Å². The summed E-state index contributed by atoms with van der Waals surface area (Å²) < 4.78 is 0. The Hall–Kier alpha value is -2.48. The van der Waals surface area contributed by atoms with E-state index in [1.165, 1.54) is 12.3 Å². The van der Waals surface area contributed by atoms with Crippen molar-refractivity contribution >= 4 is 40.5 Å². The maximum absolute atomic E-state index is 12.4. The highest BCUT2D eigenvalue weighted by atomic mass is 35.5. The van der Waals surface area contributed by atoms with Gasteiger partial charge in [-0.25, -0.2) is 0 Å². The lowest BCUT2D eigenvalue weighted by atomic mass is 10.2. The quantitative estimate of drug-likeness (QED) is 0.580. The molecule has 0 unspecified atom stereocenters. The van der Waals surface area contributed by atoms with Crippen LogP contribution < -0.4 is 10.2 Å². The summed E-state index contributed by atoms with van der Waals surface area (Å²) in [5, 5.41) is 12.8. The van der Waals surface area contributed by atoms with E-state index in [4.69, 9.17) is 23.2 Å². The van der Waals surface area contributed by atoms with Gasteiger partial charge in [-0.1, -0.05) is 35.3 Å². The Morgan fingerprint density at radius 1 is 1.28 bits per heavy atom. The van der Waals surface area contributed by atoms with E-state index in [0.29, 0.717) is 22.3 Å². The fraction of sp³-hybridized carbons (Fsp3) is 0.158. The van der Waals surface area contributed by atoms with Crippen LogP contribution in [0.25, 0.3) is 0 Å². The number of anilines is 2. The molecular weight excluding hydrogens is 357 g/mol. The fourth-order valence-corrected chi connectivity index (χ4v) is 2.57. The molecule has 1 N–H and O–H groups in total. The maximum atomic E-state index is 12.4. The average molecular weight is 374 g/mol. The maximum Gasteiger partial charge on any atom is 0.267 e. The smallest absolute Gasteiger partial charge is 0.267 e. The lowest BCUT2D eigenvalue weighted by Gasteiger charge is -2.19. The molecule has 128 valence electrons. The van der Waals surface area contributed by atoms with Crippen LogP contribution in [-0.4, -0.2) is 12.5 Å². The van der Waals surface area contributed by atoms with Crippen molar-refractivity contribution in [2.45, 2.75) is 13.8 Å². The minimum atomic E-state index is -0.544. The van der Waals surface area contributed by atoms with Gasteiger partial charge in [-0.2, -0.15) is 5.26 Å². The number of amides is 1. The Kier molecular flexibility index (Phi) is 6.46. The summed E-state index contributed by atoms with van der Waals surface area (Å²) in [7, 11) is 0. The van der Waals surface area contributed by atoms with Crippen molar-refractivity contribution in [2.24, 2.45) is 0 Å². The lowest BCUT2D eigenvalue weighted by Crippen LogP contribution is -2.20. The average Bonchev–Trinajstić information content (AvgIpc) is 2.59. The van der Waals surface area contributed by atoms with Gasteiger partial charge in [0.15, 0.2) is 0 Å². The number of benzene rings is 2. The molecule has 2 aromatic rings. The molecule has 0 radical (unpaired) electrons. The molecule has 0 aliphatic carbocycles. The number of nitrogens with one attached hydrogen (secondary N) is 1. The van der Waals surface area contributed by atoms with Crippen LogP contribution in [0.4, 0.5) is 11.4 Å². The molecule has 2 aromatic carbocycles. The molecule has 25 heavy (non-hydrogen) atoms. The molecular formula is C19H17Cl2N3O. The van der Waals surface area contributed by atoms with E-state index in [1.54, 1.807) is 12.1 Å². The molecule has 0 aliphatic rings. The van der Waals surface area contributed by atoms with Gasteiger partial charge in [-0.05, 0) is 49.7 Å². The predicted molar refractivity (Wildman–Crippen MR) is 103 cm³/mol. The first-order valence-electron chi connectivity index (χ1n) is 7.66. The van der Waals surface area contributed by atoms with Crippen LogP contribution in [-0.2, 0) is 4.79 Å². The zero-order chi connectivity index (χ0) is 18.4. The highest BCUT2D eigenvalue weighted by molar-refractivity contribution is 6.36. The number of rotatable bonds is 5. The highest BCUT2D eigenvalue weighted by Crippen LogP contribution is 2.26. The first kappa shape index (κ1) is 18.9. The van der Waals surface area contributed by atoms with Gasteiger partial charge in [-0.3, -0.25) is 4.79 Å². The van der Waals surface area contributed by atoms with Crippen molar-refractivity contribution in [2.75, 3.05) is 16.8 Å². The Labute approximate surface area is 157 Å². The van der Waals surface area contributed by atoms with E-state index in [2.05, 4.69) is 5.32 Å². The van der Waals surface area contributed by atoms with Gasteiger partial charge in [0.25, 0.3) is 5.91 Å². The Bertz CT molecular complexity index is 856. The van der Waals surface area contributed by atoms with Crippen LogP contribution in [0.1, 0.15) is 12.5 Å². The van der Waals surface area contributed by atoms with E-state index < -0.39 is 5.91 Å². The normalized spacial score (nSPS) is 10.9. The molecule has 0 aromatic heterocycles. The molecule has 4 nitrogen and oxygen atoms in total. The number of carbonyl (C=O) groups is 1. The Morgan fingerprint density at radius 3 is 2.68 bits per heavy atom. The van der Waals surface area contributed by atoms with E-state index in [1.807, 2.05) is 49.1 Å². The zero-order valence-electron chi connectivity index (χ0n) is 13.9. The van der Waals surface area contributed by atoms with Crippen LogP contribution in [0.3, 0.4) is 0 Å². The standard InChI is InChI=1S/C19H17Cl2N3O/c1-3-24(16-6-4-5-13(2)9-16)12-14(11-22)19(25)23-18-10-15(20)7-8-17(18)21/h4-10,12H,3H2,1-2H3,(H,23,25)/b14-12-. The summed E-state index contributed by atoms with van der Waals surface area (Å²) in [6, 6.07) is 14.5. The second-order valence-corrected chi connectivity index (χ2v) is 6.20. The lowest BCUT2D eigenvalue weighted by molar-refractivity contribution is -0.112. The molecule has 0 spiro atoms. The molecule has 1 amide bonds. The molecule has 0 fully saturated rings. The van der Waals surface area contributed by atoms with Gasteiger partial charge in [0.2, 0.25) is 0 Å². The van der Waals surface area contributed by atoms with Crippen LogP contribution in [0.15, 0.2) is 54.2 Å². The molecule has 6 heteroatoms. The molecule has 0 saturated heterocycles. The van der Waals surface area contributed by atoms with Crippen molar-refractivity contribution in [3.8, 4) is 6.07 Å². The monoisotopic (exact) mass is 373 g/mol. The molecule has 2 rings (SSSR count). The first-order chi connectivity index (χ1) is 11.9. The molecule has 0 bridgehead atoms. The number of nitrogens with zero attached hydrogens (tertiary/aromatic N) is 2. The Balaban J connectivity index is 2.27. The molecule has 0 heterocycles. The second-order valence-electron chi connectivity index (χ2n) is 5.36. The van der Waals surface area contributed by atoms with Crippen molar-refractivity contribution < 1.29 is 4.79 Å². The van der Waals surface area contributed by atoms with Gasteiger partial charge >= 0.3 is 0 Å². The van der Waals surface area contributed by atoms with E-state index in [-0.39, 0.29) is 5.57 Å². The van der Waals surface area contributed by atoms with Crippen LogP contribution >= 0.6 is 23.2 Å². The van der Waals surface area contributed by atoms with Crippen molar-refractivity contribution in [3.63, 3.8) is 0 Å². The highest BCUT2D eigenvalue weighted by Gasteiger charge is 2.14. The summed E-state index contributed by atoms with van der Waals surface area (Å²) in [5.74, 6) is -0.544. The van der Waals surface area contributed by atoms with Gasteiger partial charge in [-0.15, -0.1) is 0 Å². The number of halogens is 2. The second kappa shape index (κ2) is 8.57. The van der Waals surface area contributed by atoms with Gasteiger partial charge in [0.05, 0.1) is 10.7 Å². The minimum Gasteiger partial charge on any atom is -0.347 e. The fourth-order valence-electron chi connectivity index (χ4n) is 2.23. The van der Waals surface area contributed by atoms with Crippen molar-refractivity contribution in [1.82, 2.24) is 0 Å².